The van der Waals surface area contributed by atoms with Crippen molar-refractivity contribution in [1.82, 2.24) is 19.7 Å². The Labute approximate surface area is 163 Å². The zero-order valence-corrected chi connectivity index (χ0v) is 16.2. The number of hydrogen-bond acceptors (Lipinski definition) is 6. The number of methoxy groups -OCH3 is 2. The predicted octanol–water partition coefficient (Wildman–Crippen LogP) is 2.62. The van der Waals surface area contributed by atoms with Crippen LogP contribution in [-0.4, -0.2) is 34.0 Å². The van der Waals surface area contributed by atoms with Crippen molar-refractivity contribution in [2.75, 3.05) is 14.2 Å². The summed E-state index contributed by atoms with van der Waals surface area (Å²) in [5, 5.41) is 4.32. The molecule has 0 N–H and O–H groups in total. The van der Waals surface area contributed by atoms with Crippen LogP contribution in [-0.2, 0) is 12.8 Å². The van der Waals surface area contributed by atoms with Gasteiger partial charge < -0.3 is 9.47 Å². The molecular weight excluding hydrogens is 356 g/mol. The van der Waals surface area contributed by atoms with Crippen molar-refractivity contribution in [2.45, 2.75) is 32.1 Å². The Hall–Kier alpha value is -3.22. The van der Waals surface area contributed by atoms with E-state index in [9.17, 15) is 4.79 Å². The Morgan fingerprint density at radius 3 is 2.54 bits per heavy atom. The number of aryl methyl sites for hydroxylation is 1. The maximum absolute atomic E-state index is 12.9. The standard InChI is InChI=1S/C21H22N4O3/c1-13-4-6-16(27-2)9-19(13)14-5-7-18-15(8-14)10-24-25(20(18)26)21-22-11-17(28-3)12-23-21/h4,6,9-12,14H,5,7-8H2,1-3H3. The second kappa shape index (κ2) is 7.42. The molecule has 7 nitrogen and oxygen atoms in total. The maximum Gasteiger partial charge on any atom is 0.277 e. The Morgan fingerprint density at radius 1 is 1.07 bits per heavy atom. The van der Waals surface area contributed by atoms with Gasteiger partial charge in [-0.2, -0.15) is 9.78 Å². The van der Waals surface area contributed by atoms with Crippen LogP contribution in [0.15, 0.2) is 41.6 Å². The molecule has 2 aromatic heterocycles. The third-order valence-electron chi connectivity index (χ3n) is 5.34. The van der Waals surface area contributed by atoms with Gasteiger partial charge in [0.15, 0.2) is 5.75 Å². The van der Waals surface area contributed by atoms with Gasteiger partial charge in [-0.25, -0.2) is 9.97 Å². The zero-order valence-electron chi connectivity index (χ0n) is 16.2. The third-order valence-corrected chi connectivity index (χ3v) is 5.34. The average molecular weight is 378 g/mol. The number of hydrogen-bond donors (Lipinski definition) is 0. The molecule has 0 amide bonds. The summed E-state index contributed by atoms with van der Waals surface area (Å²) in [4.78, 5) is 21.3. The first-order chi connectivity index (χ1) is 13.6. The molecular formula is C21H22N4O3. The molecule has 3 aromatic rings. The molecule has 2 heterocycles. The molecule has 0 aliphatic heterocycles. The molecule has 1 aliphatic carbocycles. The predicted molar refractivity (Wildman–Crippen MR) is 104 cm³/mol. The van der Waals surface area contributed by atoms with Gasteiger partial charge >= 0.3 is 0 Å². The van der Waals surface area contributed by atoms with E-state index in [1.54, 1.807) is 20.4 Å². The van der Waals surface area contributed by atoms with Gasteiger partial charge in [0.2, 0.25) is 0 Å². The van der Waals surface area contributed by atoms with Crippen LogP contribution in [0.3, 0.4) is 0 Å². The van der Waals surface area contributed by atoms with E-state index in [0.29, 0.717) is 18.1 Å². The molecule has 0 radical (unpaired) electrons. The third kappa shape index (κ3) is 3.24. The second-order valence-electron chi connectivity index (χ2n) is 6.95. The number of nitrogens with zero attached hydrogens (tertiary/aromatic N) is 4. The molecule has 0 spiro atoms. The minimum absolute atomic E-state index is 0.150. The van der Waals surface area contributed by atoms with Crippen LogP contribution in [0.1, 0.15) is 34.6 Å². The molecule has 1 aliphatic rings. The Kier molecular flexibility index (Phi) is 4.81. The summed E-state index contributed by atoms with van der Waals surface area (Å²) in [7, 11) is 3.22. The monoisotopic (exact) mass is 378 g/mol. The molecule has 144 valence electrons. The largest absolute Gasteiger partial charge is 0.497 e. The van der Waals surface area contributed by atoms with Crippen molar-refractivity contribution in [3.05, 3.63) is 69.4 Å². The molecule has 1 aromatic carbocycles. The second-order valence-corrected chi connectivity index (χ2v) is 6.95. The van der Waals surface area contributed by atoms with E-state index in [1.165, 1.54) is 28.2 Å². The lowest BCUT2D eigenvalue weighted by Crippen LogP contribution is -2.30. The Bertz CT molecular complexity index is 1060. The topological polar surface area (TPSA) is 79.1 Å². The summed E-state index contributed by atoms with van der Waals surface area (Å²) >= 11 is 0. The van der Waals surface area contributed by atoms with Crippen LogP contribution in [0, 0.1) is 6.92 Å². The van der Waals surface area contributed by atoms with Crippen molar-refractivity contribution in [3.8, 4) is 17.4 Å². The molecule has 0 saturated carbocycles. The quantitative estimate of drug-likeness (QED) is 0.694. The van der Waals surface area contributed by atoms with Gasteiger partial charge in [-0.3, -0.25) is 4.79 Å². The average Bonchev–Trinajstić information content (AvgIpc) is 2.74. The minimum Gasteiger partial charge on any atom is -0.497 e. The summed E-state index contributed by atoms with van der Waals surface area (Å²) in [6.45, 7) is 2.11. The minimum atomic E-state index is -0.150. The lowest BCUT2D eigenvalue weighted by Gasteiger charge is -2.26. The molecule has 0 saturated heterocycles. The van der Waals surface area contributed by atoms with Crippen molar-refractivity contribution in [1.29, 1.82) is 0 Å². The van der Waals surface area contributed by atoms with Gasteiger partial charge in [-0.15, -0.1) is 0 Å². The highest BCUT2D eigenvalue weighted by atomic mass is 16.5. The number of benzene rings is 1. The molecule has 28 heavy (non-hydrogen) atoms. The van der Waals surface area contributed by atoms with Crippen molar-refractivity contribution < 1.29 is 9.47 Å². The van der Waals surface area contributed by atoms with E-state index in [1.807, 2.05) is 6.07 Å². The SMILES string of the molecule is COc1cnc(-n2ncc3c(c2=O)CCC(c2cc(OC)ccc2C)C3)nc1. The van der Waals surface area contributed by atoms with E-state index in [2.05, 4.69) is 34.1 Å². The van der Waals surface area contributed by atoms with Crippen LogP contribution in [0.2, 0.25) is 0 Å². The number of fused-ring (bicyclic) bond motifs is 1. The lowest BCUT2D eigenvalue weighted by molar-refractivity contribution is 0.410. The Balaban J connectivity index is 1.66. The summed E-state index contributed by atoms with van der Waals surface area (Å²) < 4.78 is 11.7. The van der Waals surface area contributed by atoms with Crippen LogP contribution in [0.5, 0.6) is 11.5 Å². The van der Waals surface area contributed by atoms with Gasteiger partial charge in [0, 0.05) is 5.56 Å². The fraction of sp³-hybridized carbons (Fsp3) is 0.333. The zero-order chi connectivity index (χ0) is 19.7. The highest BCUT2D eigenvalue weighted by Crippen LogP contribution is 2.34. The van der Waals surface area contributed by atoms with Crippen molar-refractivity contribution >= 4 is 0 Å². The van der Waals surface area contributed by atoms with E-state index < -0.39 is 0 Å². The molecule has 0 bridgehead atoms. The molecule has 1 unspecified atom stereocenters. The first-order valence-electron chi connectivity index (χ1n) is 9.21. The fourth-order valence-corrected chi connectivity index (χ4v) is 3.77. The summed E-state index contributed by atoms with van der Waals surface area (Å²) in [5.74, 6) is 1.99. The van der Waals surface area contributed by atoms with Gasteiger partial charge in [0.1, 0.15) is 5.75 Å². The summed E-state index contributed by atoms with van der Waals surface area (Å²) in [6.07, 6.45) is 7.22. The molecule has 1 atom stereocenters. The summed E-state index contributed by atoms with van der Waals surface area (Å²) in [5.41, 5.74) is 4.15. The first kappa shape index (κ1) is 18.2. The highest BCUT2D eigenvalue weighted by molar-refractivity contribution is 5.40. The van der Waals surface area contributed by atoms with Crippen LogP contribution >= 0.6 is 0 Å². The van der Waals surface area contributed by atoms with E-state index in [0.717, 1.165) is 29.7 Å². The normalized spacial score (nSPS) is 15.8. The van der Waals surface area contributed by atoms with Gasteiger partial charge in [-0.05, 0) is 60.9 Å². The molecule has 0 fully saturated rings. The van der Waals surface area contributed by atoms with Gasteiger partial charge in [0.25, 0.3) is 11.5 Å². The maximum atomic E-state index is 12.9. The molecule has 7 heteroatoms. The van der Waals surface area contributed by atoms with E-state index in [-0.39, 0.29) is 11.5 Å². The number of rotatable bonds is 4. The van der Waals surface area contributed by atoms with Crippen LogP contribution in [0.25, 0.3) is 5.95 Å². The summed E-state index contributed by atoms with van der Waals surface area (Å²) in [6, 6.07) is 6.16. The smallest absolute Gasteiger partial charge is 0.277 e. The van der Waals surface area contributed by atoms with Crippen molar-refractivity contribution in [3.63, 3.8) is 0 Å². The van der Waals surface area contributed by atoms with Crippen LogP contribution in [0.4, 0.5) is 0 Å². The number of aromatic nitrogens is 4. The van der Waals surface area contributed by atoms with Gasteiger partial charge in [0.05, 0.1) is 32.8 Å². The fourth-order valence-electron chi connectivity index (χ4n) is 3.77. The first-order valence-corrected chi connectivity index (χ1v) is 9.21. The van der Waals surface area contributed by atoms with Gasteiger partial charge in [-0.1, -0.05) is 6.07 Å². The Morgan fingerprint density at radius 2 is 1.82 bits per heavy atom. The van der Waals surface area contributed by atoms with Crippen molar-refractivity contribution in [2.24, 2.45) is 0 Å². The van der Waals surface area contributed by atoms with E-state index in [4.69, 9.17) is 9.47 Å². The van der Waals surface area contributed by atoms with E-state index >= 15 is 0 Å². The number of ether oxygens (including phenoxy) is 2. The molecule has 4 rings (SSSR count). The highest BCUT2D eigenvalue weighted by Gasteiger charge is 2.25. The lowest BCUT2D eigenvalue weighted by atomic mass is 9.80. The van der Waals surface area contributed by atoms with Crippen LogP contribution < -0.4 is 15.0 Å².